The molecule has 200 valence electrons. The Bertz CT molecular complexity index is 1480. The van der Waals surface area contributed by atoms with Gasteiger partial charge in [-0.15, -0.1) is 12.4 Å². The first-order valence-corrected chi connectivity index (χ1v) is 12.2. The quantitative estimate of drug-likeness (QED) is 0.282. The van der Waals surface area contributed by atoms with E-state index in [-0.39, 0.29) is 24.2 Å². The summed E-state index contributed by atoms with van der Waals surface area (Å²) in [5, 5.41) is 2.89. The molecule has 39 heavy (non-hydrogen) atoms. The van der Waals surface area contributed by atoms with Crippen molar-refractivity contribution >= 4 is 35.6 Å². The van der Waals surface area contributed by atoms with Crippen molar-refractivity contribution in [3.05, 3.63) is 114 Å². The van der Waals surface area contributed by atoms with E-state index in [9.17, 15) is 22.8 Å². The average molecular weight is 552 g/mol. The topological polar surface area (TPSA) is 62.3 Å². The van der Waals surface area contributed by atoms with Crippen LogP contribution >= 0.6 is 12.4 Å². The molecule has 5 nitrogen and oxygen atoms in total. The lowest BCUT2D eigenvalue weighted by atomic mass is 9.98. The predicted octanol–water partition coefficient (Wildman–Crippen LogP) is 6.96. The van der Waals surface area contributed by atoms with Crippen molar-refractivity contribution in [2.75, 3.05) is 16.8 Å². The summed E-state index contributed by atoms with van der Waals surface area (Å²) in [5.74, 6) is -0.349. The number of pyridine rings is 1. The predicted molar refractivity (Wildman–Crippen MR) is 147 cm³/mol. The zero-order valence-electron chi connectivity index (χ0n) is 20.7. The Kier molecular flexibility index (Phi) is 8.35. The smallest absolute Gasteiger partial charge is 0.322 e. The summed E-state index contributed by atoms with van der Waals surface area (Å²) >= 11 is 0. The van der Waals surface area contributed by atoms with Crippen molar-refractivity contribution in [2.24, 2.45) is 0 Å². The van der Waals surface area contributed by atoms with Crippen LogP contribution in [0.4, 0.5) is 24.5 Å². The van der Waals surface area contributed by atoms with E-state index >= 15 is 0 Å². The molecule has 0 bridgehead atoms. The molecule has 0 spiro atoms. The second-order valence-corrected chi connectivity index (χ2v) is 9.03. The maximum absolute atomic E-state index is 13.2. The number of aromatic nitrogens is 1. The first-order chi connectivity index (χ1) is 18.3. The van der Waals surface area contributed by atoms with Gasteiger partial charge in [0.25, 0.3) is 5.91 Å². The van der Waals surface area contributed by atoms with E-state index in [1.807, 2.05) is 30.3 Å². The van der Waals surface area contributed by atoms with Gasteiger partial charge in [0.15, 0.2) is 0 Å². The van der Waals surface area contributed by atoms with E-state index in [1.54, 1.807) is 41.4 Å². The van der Waals surface area contributed by atoms with Gasteiger partial charge in [0.2, 0.25) is 5.91 Å². The molecule has 4 aromatic rings. The molecular weight excluding hydrogens is 527 g/mol. The standard InChI is InChI=1S/C30H24F3N3O2.ClH/c31-30(32,33)22-10-8-20(9-11-22)25-6-1-2-7-26(25)29(38)35-24-12-14-27-21(19-24)16-18-36(27)28(37)15-13-23-5-3-4-17-34-23;/h1-12,14,17,19H,13,15-16,18H2,(H,35,38);1H. The fraction of sp³-hybridized carbons (Fsp3) is 0.167. The molecule has 3 aromatic carbocycles. The second-order valence-electron chi connectivity index (χ2n) is 9.03. The number of hydrogen-bond acceptors (Lipinski definition) is 3. The highest BCUT2D eigenvalue weighted by Crippen LogP contribution is 2.33. The molecule has 5 rings (SSSR count). The number of fused-ring (bicyclic) bond motifs is 1. The minimum absolute atomic E-state index is 0. The highest BCUT2D eigenvalue weighted by molar-refractivity contribution is 6.09. The van der Waals surface area contributed by atoms with Crippen LogP contribution < -0.4 is 10.2 Å². The largest absolute Gasteiger partial charge is 0.416 e. The number of aryl methyl sites for hydroxylation is 1. The van der Waals surface area contributed by atoms with Gasteiger partial charge in [-0.25, -0.2) is 0 Å². The van der Waals surface area contributed by atoms with Gasteiger partial charge in [0, 0.05) is 41.8 Å². The maximum atomic E-state index is 13.2. The molecular formula is C30H25ClF3N3O2. The minimum Gasteiger partial charge on any atom is -0.322 e. The van der Waals surface area contributed by atoms with E-state index < -0.39 is 11.7 Å². The number of rotatable bonds is 6. The second kappa shape index (κ2) is 11.7. The van der Waals surface area contributed by atoms with E-state index in [2.05, 4.69) is 10.3 Å². The lowest BCUT2D eigenvalue weighted by Gasteiger charge is -2.18. The summed E-state index contributed by atoms with van der Waals surface area (Å²) in [6.07, 6.45) is -1.12. The number of carbonyl (C=O) groups is 2. The molecule has 0 saturated heterocycles. The zero-order valence-corrected chi connectivity index (χ0v) is 21.6. The Morgan fingerprint density at radius 3 is 2.38 bits per heavy atom. The van der Waals surface area contributed by atoms with Gasteiger partial charge in [-0.3, -0.25) is 14.6 Å². The lowest BCUT2D eigenvalue weighted by Crippen LogP contribution is -2.29. The Labute approximate surface area is 230 Å². The van der Waals surface area contributed by atoms with Crippen LogP contribution in [-0.2, 0) is 23.8 Å². The van der Waals surface area contributed by atoms with Gasteiger partial charge in [-0.1, -0.05) is 36.4 Å². The van der Waals surface area contributed by atoms with Gasteiger partial charge in [-0.05, 0) is 78.1 Å². The molecule has 2 amide bonds. The molecule has 0 saturated carbocycles. The highest BCUT2D eigenvalue weighted by atomic mass is 35.5. The molecule has 9 heteroatoms. The van der Waals surface area contributed by atoms with Crippen molar-refractivity contribution in [3.8, 4) is 11.1 Å². The molecule has 1 aromatic heterocycles. The SMILES string of the molecule is Cl.O=C(Nc1ccc2c(c1)CCN2C(=O)CCc1ccccn1)c1ccccc1-c1ccc(C(F)(F)F)cc1. The first-order valence-electron chi connectivity index (χ1n) is 12.2. The monoisotopic (exact) mass is 551 g/mol. The number of benzene rings is 3. The number of amides is 2. The van der Waals surface area contributed by atoms with E-state index in [0.29, 0.717) is 48.2 Å². The molecule has 1 aliphatic rings. The van der Waals surface area contributed by atoms with Crippen LogP contribution in [0.5, 0.6) is 0 Å². The van der Waals surface area contributed by atoms with E-state index in [0.717, 1.165) is 29.1 Å². The Hall–Kier alpha value is -4.17. The van der Waals surface area contributed by atoms with Crippen molar-refractivity contribution in [2.45, 2.75) is 25.4 Å². The van der Waals surface area contributed by atoms with Crippen molar-refractivity contribution < 1.29 is 22.8 Å². The van der Waals surface area contributed by atoms with Crippen LogP contribution in [0.3, 0.4) is 0 Å². The number of halogens is 4. The average Bonchev–Trinajstić information content (AvgIpc) is 3.35. The fourth-order valence-corrected chi connectivity index (χ4v) is 4.62. The summed E-state index contributed by atoms with van der Waals surface area (Å²) in [7, 11) is 0. The summed E-state index contributed by atoms with van der Waals surface area (Å²) in [4.78, 5) is 32.0. The first kappa shape index (κ1) is 27.9. The summed E-state index contributed by atoms with van der Waals surface area (Å²) < 4.78 is 38.9. The van der Waals surface area contributed by atoms with Crippen molar-refractivity contribution in [1.29, 1.82) is 0 Å². The molecule has 0 radical (unpaired) electrons. The lowest BCUT2D eigenvalue weighted by molar-refractivity contribution is -0.137. The summed E-state index contributed by atoms with van der Waals surface area (Å²) in [6.45, 7) is 0.574. The van der Waals surface area contributed by atoms with Gasteiger partial charge in [0.1, 0.15) is 0 Å². The van der Waals surface area contributed by atoms with Crippen LogP contribution in [0.1, 0.15) is 33.6 Å². The van der Waals surface area contributed by atoms with Gasteiger partial charge < -0.3 is 10.2 Å². The van der Waals surface area contributed by atoms with Gasteiger partial charge in [-0.2, -0.15) is 13.2 Å². The number of carbonyl (C=O) groups excluding carboxylic acids is 2. The highest BCUT2D eigenvalue weighted by Gasteiger charge is 2.30. The van der Waals surface area contributed by atoms with Crippen LogP contribution in [-0.4, -0.2) is 23.3 Å². The third-order valence-electron chi connectivity index (χ3n) is 6.55. The van der Waals surface area contributed by atoms with Gasteiger partial charge >= 0.3 is 6.18 Å². The third-order valence-corrected chi connectivity index (χ3v) is 6.55. The number of anilines is 2. The third kappa shape index (κ3) is 6.29. The minimum atomic E-state index is -4.43. The maximum Gasteiger partial charge on any atom is 0.416 e. The molecule has 1 N–H and O–H groups in total. The molecule has 0 atom stereocenters. The molecule has 0 aliphatic carbocycles. The Morgan fingerprint density at radius 2 is 1.67 bits per heavy atom. The Balaban J connectivity index is 0.00000353. The molecule has 0 fully saturated rings. The Morgan fingerprint density at radius 1 is 0.923 bits per heavy atom. The normalized spacial score (nSPS) is 12.4. The number of hydrogen-bond donors (Lipinski definition) is 1. The van der Waals surface area contributed by atoms with Gasteiger partial charge in [0.05, 0.1) is 5.56 Å². The zero-order chi connectivity index (χ0) is 26.7. The number of nitrogens with one attached hydrogen (secondary N) is 1. The summed E-state index contributed by atoms with van der Waals surface area (Å²) in [5.41, 5.74) is 3.89. The molecule has 0 unspecified atom stereocenters. The number of nitrogens with zero attached hydrogens (tertiary/aromatic N) is 2. The molecule has 1 aliphatic heterocycles. The van der Waals surface area contributed by atoms with Crippen LogP contribution in [0.25, 0.3) is 11.1 Å². The fourth-order valence-electron chi connectivity index (χ4n) is 4.62. The van der Waals surface area contributed by atoms with E-state index in [1.165, 1.54) is 12.1 Å². The summed E-state index contributed by atoms with van der Waals surface area (Å²) in [6, 6.07) is 22.6. The van der Waals surface area contributed by atoms with Crippen molar-refractivity contribution in [3.63, 3.8) is 0 Å². The van der Waals surface area contributed by atoms with Crippen molar-refractivity contribution in [1.82, 2.24) is 4.98 Å². The van der Waals surface area contributed by atoms with Crippen LogP contribution in [0, 0.1) is 0 Å². The van der Waals surface area contributed by atoms with E-state index in [4.69, 9.17) is 0 Å². The number of alkyl halides is 3. The molecule has 2 heterocycles. The van der Waals surface area contributed by atoms with Crippen LogP contribution in [0.15, 0.2) is 91.1 Å². The van der Waals surface area contributed by atoms with Crippen LogP contribution in [0.2, 0.25) is 0 Å².